The van der Waals surface area contributed by atoms with Crippen LogP contribution >= 0.6 is 23.1 Å². The number of nitrogens with zero attached hydrogens (tertiary/aromatic N) is 3. The minimum atomic E-state index is -0.708. The zero-order chi connectivity index (χ0) is 16.5. The van der Waals surface area contributed by atoms with Gasteiger partial charge in [0.2, 0.25) is 5.89 Å². The summed E-state index contributed by atoms with van der Waals surface area (Å²) in [5.41, 5.74) is 0.0502. The molecular weight excluding hydrogens is 350 g/mol. The van der Waals surface area contributed by atoms with E-state index in [9.17, 15) is 9.59 Å². The molecule has 0 N–H and O–H groups in total. The molecule has 0 aromatic carbocycles. The van der Waals surface area contributed by atoms with Gasteiger partial charge in [0.25, 0.3) is 5.56 Å². The number of carbonyl (C=O) groups excluding carboxylic acids is 1. The molecule has 122 valence electrons. The largest absolute Gasteiger partial charge is 0.455 e. The molecule has 4 heterocycles. The lowest BCUT2D eigenvalue weighted by Gasteiger charge is -2.05. The lowest BCUT2D eigenvalue weighted by molar-refractivity contribution is 0.0464. The topological polar surface area (TPSA) is 87.2 Å². The molecule has 9 heteroatoms. The van der Waals surface area contributed by atoms with Crippen LogP contribution in [0.15, 0.2) is 44.3 Å². The second-order valence-electron chi connectivity index (χ2n) is 4.96. The number of esters is 1. The summed E-state index contributed by atoms with van der Waals surface area (Å²) in [6.07, 6.45) is 2.71. The van der Waals surface area contributed by atoms with E-state index in [4.69, 9.17) is 9.15 Å². The maximum absolute atomic E-state index is 12.2. The lowest BCUT2D eigenvalue weighted by atomic mass is 10.3. The van der Waals surface area contributed by atoms with Gasteiger partial charge in [-0.3, -0.25) is 9.36 Å². The van der Waals surface area contributed by atoms with Crippen LogP contribution in [0.1, 0.15) is 16.1 Å². The number of oxazole rings is 1. The van der Waals surface area contributed by atoms with Crippen molar-refractivity contribution in [2.45, 2.75) is 18.3 Å². The van der Waals surface area contributed by atoms with Crippen LogP contribution in [0.4, 0.5) is 0 Å². The molecule has 0 saturated carbocycles. The molecule has 0 spiro atoms. The fourth-order valence-corrected chi connectivity index (χ4v) is 3.83. The Hall–Kier alpha value is -2.39. The van der Waals surface area contributed by atoms with Crippen LogP contribution in [0.2, 0.25) is 0 Å². The van der Waals surface area contributed by atoms with Gasteiger partial charge in [-0.15, -0.1) is 11.3 Å². The van der Waals surface area contributed by atoms with Gasteiger partial charge in [0.1, 0.15) is 24.1 Å². The summed E-state index contributed by atoms with van der Waals surface area (Å²) in [6, 6.07) is 3.79. The molecular formula is C15H11N3O4S2. The van der Waals surface area contributed by atoms with Crippen LogP contribution in [0.3, 0.4) is 0 Å². The first-order valence-electron chi connectivity index (χ1n) is 7.10. The maximum atomic E-state index is 12.2. The van der Waals surface area contributed by atoms with Crippen molar-refractivity contribution in [2.75, 3.05) is 5.75 Å². The SMILES string of the molecule is O=C(OCc1coc(-c2cccs2)n1)c1cnc2n(c1=O)CCS2. The van der Waals surface area contributed by atoms with E-state index in [-0.39, 0.29) is 17.7 Å². The average Bonchev–Trinajstić information content (AvgIpc) is 3.32. The molecule has 0 fully saturated rings. The van der Waals surface area contributed by atoms with Gasteiger partial charge in [-0.1, -0.05) is 17.8 Å². The number of hydrogen-bond acceptors (Lipinski definition) is 8. The van der Waals surface area contributed by atoms with E-state index in [2.05, 4.69) is 9.97 Å². The molecule has 0 amide bonds. The number of carbonyl (C=O) groups is 1. The second-order valence-corrected chi connectivity index (χ2v) is 6.97. The molecule has 0 atom stereocenters. The highest BCUT2D eigenvalue weighted by molar-refractivity contribution is 7.99. The highest BCUT2D eigenvalue weighted by Crippen LogP contribution is 2.24. The van der Waals surface area contributed by atoms with Crippen LogP contribution in [0.25, 0.3) is 10.8 Å². The summed E-state index contributed by atoms with van der Waals surface area (Å²) in [7, 11) is 0. The molecule has 7 nitrogen and oxygen atoms in total. The number of hydrogen-bond donors (Lipinski definition) is 0. The van der Waals surface area contributed by atoms with Gasteiger partial charge in [-0.05, 0) is 11.4 Å². The molecule has 0 radical (unpaired) electrons. The van der Waals surface area contributed by atoms with Crippen molar-refractivity contribution in [1.29, 1.82) is 0 Å². The molecule has 3 aromatic rings. The van der Waals surface area contributed by atoms with Crippen LogP contribution < -0.4 is 5.56 Å². The Morgan fingerprint density at radius 1 is 1.46 bits per heavy atom. The predicted octanol–water partition coefficient (Wildman–Crippen LogP) is 2.42. The maximum Gasteiger partial charge on any atom is 0.345 e. The molecule has 3 aromatic heterocycles. The predicted molar refractivity (Wildman–Crippen MR) is 88.2 cm³/mol. The van der Waals surface area contributed by atoms with Gasteiger partial charge in [-0.2, -0.15) is 0 Å². The number of fused-ring (bicyclic) bond motifs is 1. The van der Waals surface area contributed by atoms with Gasteiger partial charge < -0.3 is 9.15 Å². The Labute approximate surface area is 144 Å². The van der Waals surface area contributed by atoms with Gasteiger partial charge in [0.05, 0.1) is 11.1 Å². The average molecular weight is 361 g/mol. The summed E-state index contributed by atoms with van der Waals surface area (Å²) in [6.45, 7) is 0.490. The van der Waals surface area contributed by atoms with Crippen LogP contribution in [-0.4, -0.2) is 26.3 Å². The van der Waals surface area contributed by atoms with E-state index in [1.165, 1.54) is 40.1 Å². The molecule has 4 rings (SSSR count). The molecule has 0 aliphatic carbocycles. The summed E-state index contributed by atoms with van der Waals surface area (Å²) >= 11 is 3.00. The lowest BCUT2D eigenvalue weighted by Crippen LogP contribution is -2.27. The van der Waals surface area contributed by atoms with Gasteiger partial charge in [0.15, 0.2) is 5.16 Å². The number of thiophene rings is 1. The monoisotopic (exact) mass is 361 g/mol. The molecule has 0 bridgehead atoms. The first kappa shape index (κ1) is 15.2. The Morgan fingerprint density at radius 3 is 3.21 bits per heavy atom. The highest BCUT2D eigenvalue weighted by Gasteiger charge is 2.21. The van der Waals surface area contributed by atoms with E-state index in [0.717, 1.165) is 10.6 Å². The quantitative estimate of drug-likeness (QED) is 0.521. The Bertz CT molecular complexity index is 946. The third-order valence-corrected chi connectivity index (χ3v) is 5.24. The van der Waals surface area contributed by atoms with Crippen molar-refractivity contribution in [1.82, 2.24) is 14.5 Å². The van der Waals surface area contributed by atoms with Crippen molar-refractivity contribution in [3.63, 3.8) is 0 Å². The first-order chi connectivity index (χ1) is 11.7. The minimum Gasteiger partial charge on any atom is -0.455 e. The van der Waals surface area contributed by atoms with E-state index in [1.54, 1.807) is 0 Å². The first-order valence-corrected chi connectivity index (χ1v) is 8.97. The zero-order valence-corrected chi connectivity index (χ0v) is 13.9. The van der Waals surface area contributed by atoms with Gasteiger partial charge in [-0.25, -0.2) is 14.8 Å². The fraction of sp³-hybridized carbons (Fsp3) is 0.200. The van der Waals surface area contributed by atoms with Crippen LogP contribution in [-0.2, 0) is 17.9 Å². The highest BCUT2D eigenvalue weighted by atomic mass is 32.2. The standard InChI is InChI=1S/C15H11N3O4S2/c19-13-10(6-16-15-18(13)3-5-24-15)14(20)22-8-9-7-21-12(17-9)11-2-1-4-23-11/h1-2,4,6-7H,3,5,8H2. The zero-order valence-electron chi connectivity index (χ0n) is 12.3. The van der Waals surface area contributed by atoms with E-state index >= 15 is 0 Å². The number of aromatic nitrogens is 3. The summed E-state index contributed by atoms with van der Waals surface area (Å²) < 4.78 is 12.0. The Kier molecular flexibility index (Phi) is 3.95. The van der Waals surface area contributed by atoms with E-state index in [1.807, 2.05) is 17.5 Å². The fourth-order valence-electron chi connectivity index (χ4n) is 2.26. The third-order valence-electron chi connectivity index (χ3n) is 3.41. The molecule has 24 heavy (non-hydrogen) atoms. The van der Waals surface area contributed by atoms with Crippen LogP contribution in [0, 0.1) is 0 Å². The smallest absolute Gasteiger partial charge is 0.345 e. The van der Waals surface area contributed by atoms with Crippen molar-refractivity contribution in [3.05, 3.63) is 51.6 Å². The number of thioether (sulfide) groups is 1. The molecule has 0 unspecified atom stereocenters. The minimum absolute atomic E-state index is 0.0658. The van der Waals surface area contributed by atoms with Crippen molar-refractivity contribution >= 4 is 29.1 Å². The normalized spacial score (nSPS) is 13.0. The second kappa shape index (κ2) is 6.25. The van der Waals surface area contributed by atoms with Gasteiger partial charge in [0, 0.05) is 12.3 Å². The van der Waals surface area contributed by atoms with Gasteiger partial charge >= 0.3 is 5.97 Å². The summed E-state index contributed by atoms with van der Waals surface area (Å²) in [4.78, 5) is 33.7. The van der Waals surface area contributed by atoms with Crippen molar-refractivity contribution < 1.29 is 13.9 Å². The van der Waals surface area contributed by atoms with E-state index < -0.39 is 5.97 Å². The van der Waals surface area contributed by atoms with E-state index in [0.29, 0.717) is 23.3 Å². The molecule has 0 saturated heterocycles. The Morgan fingerprint density at radius 2 is 2.38 bits per heavy atom. The molecule has 1 aliphatic heterocycles. The number of rotatable bonds is 4. The number of ether oxygens (including phenoxy) is 1. The van der Waals surface area contributed by atoms with Crippen LogP contribution in [0.5, 0.6) is 0 Å². The van der Waals surface area contributed by atoms with Crippen molar-refractivity contribution in [2.24, 2.45) is 0 Å². The summed E-state index contributed by atoms with van der Waals surface area (Å²) in [5.74, 6) is 0.554. The summed E-state index contributed by atoms with van der Waals surface area (Å²) in [5, 5.41) is 2.56. The van der Waals surface area contributed by atoms with Crippen molar-refractivity contribution in [3.8, 4) is 10.8 Å². The third kappa shape index (κ3) is 2.76. The molecule has 1 aliphatic rings. The Balaban J connectivity index is 1.47.